The van der Waals surface area contributed by atoms with E-state index in [1.807, 2.05) is 25.1 Å². The molecule has 0 saturated carbocycles. The van der Waals surface area contributed by atoms with Gasteiger partial charge < -0.3 is 15.6 Å². The van der Waals surface area contributed by atoms with Gasteiger partial charge in [0.05, 0.1) is 6.04 Å². The Hall–Kier alpha value is -2.14. The molecule has 5 heteroatoms. The van der Waals surface area contributed by atoms with E-state index in [2.05, 4.69) is 26.7 Å². The number of carbonyl (C=O) groups is 1. The first-order chi connectivity index (χ1) is 9.75. The van der Waals surface area contributed by atoms with Crippen LogP contribution < -0.4 is 10.6 Å². The number of H-pyrrole nitrogens is 1. The third kappa shape index (κ3) is 2.44. The van der Waals surface area contributed by atoms with Crippen LogP contribution in [0.25, 0.3) is 0 Å². The Bertz CT molecular complexity index is 594. The molecule has 1 aliphatic rings. The summed E-state index contributed by atoms with van der Waals surface area (Å²) in [5, 5.41) is 6.28. The SMILES string of the molecule is CC(NC(=O)C1NCCc2ccccc21)c1ncc[nH]1. The Morgan fingerprint density at radius 3 is 3.10 bits per heavy atom. The van der Waals surface area contributed by atoms with Crippen molar-refractivity contribution in [2.45, 2.75) is 25.4 Å². The van der Waals surface area contributed by atoms with Gasteiger partial charge in [0.15, 0.2) is 0 Å². The highest BCUT2D eigenvalue weighted by Crippen LogP contribution is 2.23. The molecule has 1 aromatic heterocycles. The second-order valence-corrected chi connectivity index (χ2v) is 5.04. The van der Waals surface area contributed by atoms with Crippen molar-refractivity contribution >= 4 is 5.91 Å². The lowest BCUT2D eigenvalue weighted by Crippen LogP contribution is -2.42. The molecule has 3 N–H and O–H groups in total. The first-order valence-corrected chi connectivity index (χ1v) is 6.86. The first-order valence-electron chi connectivity index (χ1n) is 6.86. The van der Waals surface area contributed by atoms with Crippen LogP contribution in [-0.2, 0) is 11.2 Å². The van der Waals surface area contributed by atoms with Crippen LogP contribution in [-0.4, -0.2) is 22.4 Å². The van der Waals surface area contributed by atoms with Crippen LogP contribution in [0, 0.1) is 0 Å². The van der Waals surface area contributed by atoms with E-state index in [1.54, 1.807) is 12.4 Å². The Morgan fingerprint density at radius 2 is 2.30 bits per heavy atom. The van der Waals surface area contributed by atoms with Crippen LogP contribution in [0.4, 0.5) is 0 Å². The molecule has 0 radical (unpaired) electrons. The molecule has 0 saturated heterocycles. The number of fused-ring (bicyclic) bond motifs is 1. The maximum atomic E-state index is 12.5. The van der Waals surface area contributed by atoms with Crippen molar-refractivity contribution in [3.05, 3.63) is 53.6 Å². The van der Waals surface area contributed by atoms with E-state index in [9.17, 15) is 4.79 Å². The molecule has 2 atom stereocenters. The molecule has 3 rings (SSSR count). The number of carbonyl (C=O) groups excluding carboxylic acids is 1. The minimum atomic E-state index is -0.280. The zero-order valence-electron chi connectivity index (χ0n) is 11.4. The second-order valence-electron chi connectivity index (χ2n) is 5.04. The maximum absolute atomic E-state index is 12.5. The zero-order chi connectivity index (χ0) is 13.9. The first kappa shape index (κ1) is 12.9. The van der Waals surface area contributed by atoms with Gasteiger partial charge in [0.25, 0.3) is 0 Å². The average Bonchev–Trinajstić information content (AvgIpc) is 3.01. The molecule has 20 heavy (non-hydrogen) atoms. The predicted molar refractivity (Wildman–Crippen MR) is 76.0 cm³/mol. The van der Waals surface area contributed by atoms with Gasteiger partial charge in [-0.1, -0.05) is 24.3 Å². The van der Waals surface area contributed by atoms with Gasteiger partial charge in [-0.3, -0.25) is 4.79 Å². The average molecular weight is 270 g/mol. The third-order valence-corrected chi connectivity index (χ3v) is 3.66. The van der Waals surface area contributed by atoms with Gasteiger partial charge in [-0.05, 0) is 24.5 Å². The lowest BCUT2D eigenvalue weighted by molar-refractivity contribution is -0.124. The molecular weight excluding hydrogens is 252 g/mol. The quantitative estimate of drug-likeness (QED) is 0.791. The van der Waals surface area contributed by atoms with Crippen LogP contribution in [0.15, 0.2) is 36.7 Å². The van der Waals surface area contributed by atoms with Crippen LogP contribution in [0.2, 0.25) is 0 Å². The monoisotopic (exact) mass is 270 g/mol. The van der Waals surface area contributed by atoms with Crippen LogP contribution in [0.5, 0.6) is 0 Å². The van der Waals surface area contributed by atoms with Crippen molar-refractivity contribution in [1.29, 1.82) is 0 Å². The summed E-state index contributed by atoms with van der Waals surface area (Å²) in [5.74, 6) is 0.753. The van der Waals surface area contributed by atoms with Crippen molar-refractivity contribution in [2.24, 2.45) is 0 Å². The summed E-state index contributed by atoms with van der Waals surface area (Å²) in [6.07, 6.45) is 4.41. The topological polar surface area (TPSA) is 69.8 Å². The zero-order valence-corrected chi connectivity index (χ0v) is 11.4. The minimum Gasteiger partial charge on any atom is -0.347 e. The number of amides is 1. The number of imidazole rings is 1. The molecule has 1 aromatic carbocycles. The van der Waals surface area contributed by atoms with E-state index < -0.39 is 0 Å². The number of hydrogen-bond acceptors (Lipinski definition) is 3. The fourth-order valence-electron chi connectivity index (χ4n) is 2.62. The van der Waals surface area contributed by atoms with E-state index in [-0.39, 0.29) is 18.0 Å². The normalized spacial score (nSPS) is 19.1. The number of hydrogen-bond donors (Lipinski definition) is 3. The molecule has 0 aliphatic carbocycles. The van der Waals surface area contributed by atoms with Gasteiger partial charge in [0.1, 0.15) is 11.9 Å². The Balaban J connectivity index is 1.75. The Labute approximate surface area is 117 Å². The number of rotatable bonds is 3. The summed E-state index contributed by atoms with van der Waals surface area (Å²) in [6.45, 7) is 2.75. The van der Waals surface area contributed by atoms with E-state index in [0.29, 0.717) is 0 Å². The van der Waals surface area contributed by atoms with Gasteiger partial charge in [0.2, 0.25) is 5.91 Å². The van der Waals surface area contributed by atoms with Gasteiger partial charge in [-0.2, -0.15) is 0 Å². The molecule has 0 fully saturated rings. The second kappa shape index (κ2) is 5.46. The lowest BCUT2D eigenvalue weighted by atomic mass is 9.94. The highest BCUT2D eigenvalue weighted by atomic mass is 16.2. The molecule has 0 bridgehead atoms. The smallest absolute Gasteiger partial charge is 0.242 e. The standard InChI is InChI=1S/C15H18N4O/c1-10(14-17-8-9-18-14)19-15(20)13-12-5-3-2-4-11(12)6-7-16-13/h2-5,8-10,13,16H,6-7H2,1H3,(H,17,18)(H,19,20). The summed E-state index contributed by atoms with van der Waals surface area (Å²) in [5.41, 5.74) is 2.32. The fraction of sp³-hybridized carbons (Fsp3) is 0.333. The molecule has 104 valence electrons. The van der Waals surface area contributed by atoms with E-state index in [0.717, 1.165) is 24.4 Å². The summed E-state index contributed by atoms with van der Waals surface area (Å²) >= 11 is 0. The number of aromatic nitrogens is 2. The molecule has 2 aromatic rings. The number of nitrogens with zero attached hydrogens (tertiary/aromatic N) is 1. The van der Waals surface area contributed by atoms with Gasteiger partial charge in [-0.25, -0.2) is 4.98 Å². The number of aromatic amines is 1. The number of nitrogens with one attached hydrogen (secondary N) is 3. The molecule has 5 nitrogen and oxygen atoms in total. The molecule has 1 amide bonds. The fourth-order valence-corrected chi connectivity index (χ4v) is 2.62. The summed E-state index contributed by atoms with van der Waals surface area (Å²) < 4.78 is 0. The van der Waals surface area contributed by atoms with Crippen LogP contribution in [0.1, 0.15) is 36.0 Å². The molecule has 0 spiro atoms. The molecule has 2 unspecified atom stereocenters. The van der Waals surface area contributed by atoms with Gasteiger partial charge in [0, 0.05) is 18.9 Å². The van der Waals surface area contributed by atoms with Gasteiger partial charge >= 0.3 is 0 Å². The highest BCUT2D eigenvalue weighted by molar-refractivity contribution is 5.84. The van der Waals surface area contributed by atoms with Crippen molar-refractivity contribution in [1.82, 2.24) is 20.6 Å². The third-order valence-electron chi connectivity index (χ3n) is 3.66. The van der Waals surface area contributed by atoms with Crippen LogP contribution in [0.3, 0.4) is 0 Å². The summed E-state index contributed by atoms with van der Waals surface area (Å²) in [7, 11) is 0. The van der Waals surface area contributed by atoms with E-state index >= 15 is 0 Å². The van der Waals surface area contributed by atoms with E-state index in [1.165, 1.54) is 5.56 Å². The van der Waals surface area contributed by atoms with Crippen molar-refractivity contribution in [3.63, 3.8) is 0 Å². The van der Waals surface area contributed by atoms with E-state index in [4.69, 9.17) is 0 Å². The molecular formula is C15H18N4O. The van der Waals surface area contributed by atoms with Crippen molar-refractivity contribution < 1.29 is 4.79 Å². The predicted octanol–water partition coefficient (Wildman–Crippen LogP) is 1.47. The molecule has 1 aliphatic heterocycles. The minimum absolute atomic E-state index is 0.0129. The molecule has 2 heterocycles. The largest absolute Gasteiger partial charge is 0.347 e. The highest BCUT2D eigenvalue weighted by Gasteiger charge is 2.26. The van der Waals surface area contributed by atoms with Crippen LogP contribution >= 0.6 is 0 Å². The Kier molecular flexibility index (Phi) is 3.52. The van der Waals surface area contributed by atoms with Crippen molar-refractivity contribution in [3.8, 4) is 0 Å². The summed E-state index contributed by atoms with van der Waals surface area (Å²) in [6, 6.07) is 7.69. The maximum Gasteiger partial charge on any atom is 0.242 e. The van der Waals surface area contributed by atoms with Gasteiger partial charge in [-0.15, -0.1) is 0 Å². The Morgan fingerprint density at radius 1 is 1.45 bits per heavy atom. The number of benzene rings is 1. The summed E-state index contributed by atoms with van der Waals surface area (Å²) in [4.78, 5) is 19.6. The van der Waals surface area contributed by atoms with Crippen molar-refractivity contribution in [2.75, 3.05) is 6.54 Å². The lowest BCUT2D eigenvalue weighted by Gasteiger charge is -2.27.